The Balaban J connectivity index is 2.93. The van der Waals surface area contributed by atoms with Gasteiger partial charge >= 0.3 is 5.69 Å². The Hall–Kier alpha value is -1.84. The molecule has 2 aromatic rings. The summed E-state index contributed by atoms with van der Waals surface area (Å²) in [5.74, 6) is -0.161. The smallest absolute Gasteiger partial charge is 0.297 e. The molecular formula is C14H11BrClN3O2. The predicted octanol–water partition coefficient (Wildman–Crippen LogP) is 2.94. The molecule has 0 aliphatic carbocycles. The molecule has 1 N–H and O–H groups in total. The Morgan fingerprint density at radius 1 is 1.38 bits per heavy atom. The summed E-state index contributed by atoms with van der Waals surface area (Å²) in [6.07, 6.45) is 0. The van der Waals surface area contributed by atoms with Gasteiger partial charge in [0.15, 0.2) is 0 Å². The fraction of sp³-hybridized carbons (Fsp3) is 0.214. The van der Waals surface area contributed by atoms with Gasteiger partial charge in [-0.3, -0.25) is 9.78 Å². The molecule has 5 nitrogen and oxygen atoms in total. The summed E-state index contributed by atoms with van der Waals surface area (Å²) in [6, 6.07) is 6.73. The fourth-order valence-electron chi connectivity index (χ4n) is 2.03. The van der Waals surface area contributed by atoms with Crippen molar-refractivity contribution in [3.05, 3.63) is 59.8 Å². The maximum absolute atomic E-state index is 12.6. The van der Waals surface area contributed by atoms with Crippen LogP contribution in [0.5, 0.6) is 0 Å². The predicted molar refractivity (Wildman–Crippen MR) is 84.2 cm³/mol. The molecule has 0 aliphatic heterocycles. The highest BCUT2D eigenvalue weighted by molar-refractivity contribution is 9.10. The van der Waals surface area contributed by atoms with Crippen LogP contribution in [0.15, 0.2) is 32.3 Å². The van der Waals surface area contributed by atoms with Crippen molar-refractivity contribution in [3.63, 3.8) is 0 Å². The maximum atomic E-state index is 12.6. The van der Waals surface area contributed by atoms with Crippen molar-refractivity contribution in [2.45, 2.75) is 19.8 Å². The standard InChI is InChI=1S/C14H11BrClN3O2/c1-7(2)11-12(16)18-14(21)19(13(11)20)10-5-9(15)4-3-8(10)6-17/h3-5,7H,1-2H3,(H,18,21). The van der Waals surface area contributed by atoms with Crippen LogP contribution in [0, 0.1) is 11.3 Å². The van der Waals surface area contributed by atoms with Gasteiger partial charge in [0.25, 0.3) is 5.56 Å². The number of aromatic amines is 1. The normalized spacial score (nSPS) is 10.7. The van der Waals surface area contributed by atoms with Crippen LogP contribution in [-0.4, -0.2) is 9.55 Å². The molecule has 0 saturated carbocycles. The van der Waals surface area contributed by atoms with E-state index in [0.717, 1.165) is 4.57 Å². The lowest BCUT2D eigenvalue weighted by atomic mass is 10.1. The number of hydrogen-bond donors (Lipinski definition) is 1. The summed E-state index contributed by atoms with van der Waals surface area (Å²) in [5.41, 5.74) is -0.447. The van der Waals surface area contributed by atoms with E-state index in [9.17, 15) is 9.59 Å². The van der Waals surface area contributed by atoms with E-state index >= 15 is 0 Å². The van der Waals surface area contributed by atoms with Crippen LogP contribution in [0.3, 0.4) is 0 Å². The third-order valence-corrected chi connectivity index (χ3v) is 3.78. The molecule has 0 fully saturated rings. The van der Waals surface area contributed by atoms with Crippen molar-refractivity contribution in [2.75, 3.05) is 0 Å². The Labute approximate surface area is 133 Å². The molecule has 0 radical (unpaired) electrons. The first kappa shape index (κ1) is 15.5. The number of halogens is 2. The number of hydrogen-bond acceptors (Lipinski definition) is 3. The highest BCUT2D eigenvalue weighted by atomic mass is 79.9. The van der Waals surface area contributed by atoms with Gasteiger partial charge in [-0.05, 0) is 24.1 Å². The van der Waals surface area contributed by atoms with Gasteiger partial charge in [0.2, 0.25) is 0 Å². The molecule has 1 aromatic heterocycles. The van der Waals surface area contributed by atoms with Crippen LogP contribution >= 0.6 is 27.5 Å². The van der Waals surface area contributed by atoms with Gasteiger partial charge in [-0.2, -0.15) is 5.26 Å². The molecular weight excluding hydrogens is 358 g/mol. The summed E-state index contributed by atoms with van der Waals surface area (Å²) in [4.78, 5) is 27.1. The molecule has 7 heteroatoms. The maximum Gasteiger partial charge on any atom is 0.334 e. The lowest BCUT2D eigenvalue weighted by Gasteiger charge is -2.12. The third-order valence-electron chi connectivity index (χ3n) is 2.99. The average molecular weight is 369 g/mol. The summed E-state index contributed by atoms with van der Waals surface area (Å²) in [7, 11) is 0. The zero-order valence-electron chi connectivity index (χ0n) is 11.3. The molecule has 0 aliphatic rings. The molecule has 108 valence electrons. The average Bonchev–Trinajstić information content (AvgIpc) is 2.37. The summed E-state index contributed by atoms with van der Waals surface area (Å²) >= 11 is 9.22. The van der Waals surface area contributed by atoms with E-state index in [0.29, 0.717) is 10.0 Å². The van der Waals surface area contributed by atoms with Crippen molar-refractivity contribution < 1.29 is 0 Å². The van der Waals surface area contributed by atoms with E-state index in [1.807, 2.05) is 6.07 Å². The Morgan fingerprint density at radius 2 is 2.05 bits per heavy atom. The molecule has 1 aromatic carbocycles. The first-order chi connectivity index (χ1) is 9.86. The van der Waals surface area contributed by atoms with E-state index in [4.69, 9.17) is 16.9 Å². The summed E-state index contributed by atoms with van der Waals surface area (Å²) in [6.45, 7) is 3.61. The largest absolute Gasteiger partial charge is 0.334 e. The molecule has 0 spiro atoms. The van der Waals surface area contributed by atoms with Crippen molar-refractivity contribution in [1.82, 2.24) is 9.55 Å². The van der Waals surface area contributed by atoms with Gasteiger partial charge in [-0.25, -0.2) is 9.36 Å². The van der Waals surface area contributed by atoms with Crippen molar-refractivity contribution in [1.29, 1.82) is 5.26 Å². The van der Waals surface area contributed by atoms with Crippen LogP contribution < -0.4 is 11.2 Å². The van der Waals surface area contributed by atoms with Gasteiger partial charge in [-0.15, -0.1) is 0 Å². The van der Waals surface area contributed by atoms with E-state index in [1.54, 1.807) is 26.0 Å². The van der Waals surface area contributed by atoms with Crippen LogP contribution in [0.2, 0.25) is 5.15 Å². The molecule has 21 heavy (non-hydrogen) atoms. The van der Waals surface area contributed by atoms with Gasteiger partial charge in [0.05, 0.1) is 16.8 Å². The number of aromatic nitrogens is 2. The van der Waals surface area contributed by atoms with Gasteiger partial charge in [-0.1, -0.05) is 41.4 Å². The highest BCUT2D eigenvalue weighted by Crippen LogP contribution is 2.20. The fourth-order valence-corrected chi connectivity index (χ4v) is 2.76. The zero-order chi connectivity index (χ0) is 15.7. The molecule has 0 bridgehead atoms. The molecule has 0 unspecified atom stereocenters. The number of nitriles is 1. The van der Waals surface area contributed by atoms with E-state index < -0.39 is 11.2 Å². The van der Waals surface area contributed by atoms with E-state index in [1.165, 1.54) is 6.07 Å². The number of rotatable bonds is 2. The van der Waals surface area contributed by atoms with Crippen LogP contribution in [-0.2, 0) is 0 Å². The minimum absolute atomic E-state index is 0.0322. The van der Waals surface area contributed by atoms with Gasteiger partial charge in [0.1, 0.15) is 11.2 Å². The molecule has 0 amide bonds. The van der Waals surface area contributed by atoms with Crippen molar-refractivity contribution >= 4 is 27.5 Å². The molecule has 1 heterocycles. The first-order valence-electron chi connectivity index (χ1n) is 6.11. The van der Waals surface area contributed by atoms with Gasteiger partial charge in [0, 0.05) is 4.47 Å². The molecule has 0 atom stereocenters. The highest BCUT2D eigenvalue weighted by Gasteiger charge is 2.18. The second kappa shape index (κ2) is 5.88. The van der Waals surface area contributed by atoms with Crippen molar-refractivity contribution in [2.24, 2.45) is 0 Å². The lowest BCUT2D eigenvalue weighted by molar-refractivity contribution is 0.776. The number of nitrogens with zero attached hydrogens (tertiary/aromatic N) is 2. The monoisotopic (exact) mass is 367 g/mol. The minimum Gasteiger partial charge on any atom is -0.297 e. The second-order valence-corrected chi connectivity index (χ2v) is 6.02. The lowest BCUT2D eigenvalue weighted by Crippen LogP contribution is -2.37. The quantitative estimate of drug-likeness (QED) is 0.828. The zero-order valence-corrected chi connectivity index (χ0v) is 13.6. The third kappa shape index (κ3) is 2.80. The van der Waals surface area contributed by atoms with Crippen LogP contribution in [0.1, 0.15) is 30.9 Å². The Bertz CT molecular complexity index is 862. The minimum atomic E-state index is -0.677. The summed E-state index contributed by atoms with van der Waals surface area (Å²) in [5, 5.41) is 9.20. The van der Waals surface area contributed by atoms with Crippen molar-refractivity contribution in [3.8, 4) is 11.8 Å². The molecule has 0 saturated heterocycles. The van der Waals surface area contributed by atoms with Crippen LogP contribution in [0.25, 0.3) is 5.69 Å². The topological polar surface area (TPSA) is 78.7 Å². The first-order valence-corrected chi connectivity index (χ1v) is 7.28. The second-order valence-electron chi connectivity index (χ2n) is 4.73. The van der Waals surface area contributed by atoms with Gasteiger partial charge < -0.3 is 0 Å². The number of nitrogens with one attached hydrogen (secondary N) is 1. The van der Waals surface area contributed by atoms with Crippen LogP contribution in [0.4, 0.5) is 0 Å². The summed E-state index contributed by atoms with van der Waals surface area (Å²) < 4.78 is 1.59. The molecule has 2 rings (SSSR count). The number of benzene rings is 1. The Kier molecular flexibility index (Phi) is 4.35. The SMILES string of the molecule is CC(C)c1c(Cl)[nH]c(=O)n(-c2cc(Br)ccc2C#N)c1=O. The number of H-pyrrole nitrogens is 1. The van der Waals surface area contributed by atoms with E-state index in [-0.39, 0.29) is 22.3 Å². The Morgan fingerprint density at radius 3 is 2.62 bits per heavy atom. The van der Waals surface area contributed by atoms with E-state index in [2.05, 4.69) is 20.9 Å².